The molecule has 1 saturated heterocycles. The molecule has 1 aliphatic rings. The highest BCUT2D eigenvalue weighted by Gasteiger charge is 2.23. The molecule has 2 heterocycles. The van der Waals surface area contributed by atoms with Crippen LogP contribution in [0.5, 0.6) is 0 Å². The molecule has 116 valence electrons. The van der Waals surface area contributed by atoms with Crippen LogP contribution in [-0.2, 0) is 9.53 Å². The van der Waals surface area contributed by atoms with Crippen LogP contribution < -0.4 is 10.6 Å². The van der Waals surface area contributed by atoms with Gasteiger partial charge in [0.05, 0.1) is 13.2 Å². The number of rotatable bonds is 5. The first-order valence-electron chi connectivity index (χ1n) is 6.88. The summed E-state index contributed by atoms with van der Waals surface area (Å²) in [6.45, 7) is 6.71. The Labute approximate surface area is 128 Å². The quantitative estimate of drug-likeness (QED) is 0.823. The summed E-state index contributed by atoms with van der Waals surface area (Å²) in [5.74, 6) is 0.644. The number of ether oxygens (including phenoxy) is 1. The standard InChI is InChI=1S/C12H19ClN6O2/c1-3-14-11-16-10(13)17-12(18-11)15-8(2)9(20)19-4-6-21-7-5-19/h8H,3-7H2,1-2H3,(H2,14,15,16,17,18). The fourth-order valence-electron chi connectivity index (χ4n) is 1.96. The SMILES string of the molecule is CCNc1nc(Cl)nc(NC(C)C(=O)N2CCOCC2)n1. The van der Waals surface area contributed by atoms with Gasteiger partial charge in [-0.2, -0.15) is 15.0 Å². The first kappa shape index (κ1) is 15.7. The van der Waals surface area contributed by atoms with Crippen molar-refractivity contribution in [2.75, 3.05) is 43.5 Å². The lowest BCUT2D eigenvalue weighted by atomic mass is 10.2. The molecule has 9 heteroatoms. The summed E-state index contributed by atoms with van der Waals surface area (Å²) in [7, 11) is 0. The molecule has 0 aliphatic carbocycles. The van der Waals surface area contributed by atoms with Crippen LogP contribution in [0.4, 0.5) is 11.9 Å². The van der Waals surface area contributed by atoms with Gasteiger partial charge in [-0.1, -0.05) is 0 Å². The van der Waals surface area contributed by atoms with Gasteiger partial charge in [0.2, 0.25) is 23.1 Å². The average Bonchev–Trinajstić information content (AvgIpc) is 2.47. The van der Waals surface area contributed by atoms with Crippen LogP contribution in [0.1, 0.15) is 13.8 Å². The molecule has 1 fully saturated rings. The van der Waals surface area contributed by atoms with E-state index in [1.807, 2.05) is 6.92 Å². The zero-order valence-corrected chi connectivity index (χ0v) is 12.9. The maximum absolute atomic E-state index is 12.3. The topological polar surface area (TPSA) is 92.3 Å². The van der Waals surface area contributed by atoms with E-state index in [2.05, 4.69) is 25.6 Å². The Bertz CT molecular complexity index is 495. The second-order valence-corrected chi connectivity index (χ2v) is 4.92. The minimum absolute atomic E-state index is 0.0140. The molecular formula is C12H19ClN6O2. The first-order chi connectivity index (χ1) is 10.1. The Hall–Kier alpha value is -1.67. The van der Waals surface area contributed by atoms with Gasteiger partial charge in [-0.05, 0) is 25.4 Å². The van der Waals surface area contributed by atoms with Gasteiger partial charge in [0, 0.05) is 19.6 Å². The number of carbonyl (C=O) groups is 1. The van der Waals surface area contributed by atoms with Crippen LogP contribution in [0.25, 0.3) is 0 Å². The highest BCUT2D eigenvalue weighted by Crippen LogP contribution is 2.11. The number of hydrogen-bond acceptors (Lipinski definition) is 7. The van der Waals surface area contributed by atoms with Gasteiger partial charge in [0.25, 0.3) is 0 Å². The normalized spacial score (nSPS) is 16.4. The fraction of sp³-hybridized carbons (Fsp3) is 0.667. The van der Waals surface area contributed by atoms with Gasteiger partial charge in [0.15, 0.2) is 0 Å². The summed E-state index contributed by atoms with van der Waals surface area (Å²) in [6, 6.07) is -0.448. The molecule has 21 heavy (non-hydrogen) atoms. The average molecular weight is 315 g/mol. The molecule has 8 nitrogen and oxygen atoms in total. The van der Waals surface area contributed by atoms with Crippen LogP contribution >= 0.6 is 11.6 Å². The van der Waals surface area contributed by atoms with Crippen molar-refractivity contribution >= 4 is 29.4 Å². The third kappa shape index (κ3) is 4.40. The van der Waals surface area contributed by atoms with Crippen molar-refractivity contribution in [3.63, 3.8) is 0 Å². The summed E-state index contributed by atoms with van der Waals surface area (Å²) in [4.78, 5) is 26.1. The third-order valence-electron chi connectivity index (χ3n) is 2.98. The summed E-state index contributed by atoms with van der Waals surface area (Å²) in [6.07, 6.45) is 0. The Kier molecular flexibility index (Phi) is 5.51. The number of carbonyl (C=O) groups excluding carboxylic acids is 1. The third-order valence-corrected chi connectivity index (χ3v) is 3.15. The van der Waals surface area contributed by atoms with Crippen LogP contribution in [0, 0.1) is 0 Å². The van der Waals surface area contributed by atoms with E-state index in [-0.39, 0.29) is 17.1 Å². The molecule has 1 unspecified atom stereocenters. The van der Waals surface area contributed by atoms with E-state index in [0.717, 1.165) is 0 Å². The maximum Gasteiger partial charge on any atom is 0.245 e. The largest absolute Gasteiger partial charge is 0.378 e. The Morgan fingerprint density at radius 3 is 2.67 bits per heavy atom. The molecule has 0 radical (unpaired) electrons. The number of aromatic nitrogens is 3. The predicted molar refractivity (Wildman–Crippen MR) is 79.5 cm³/mol. The molecule has 2 rings (SSSR count). The zero-order valence-electron chi connectivity index (χ0n) is 12.1. The minimum atomic E-state index is -0.448. The highest BCUT2D eigenvalue weighted by atomic mass is 35.5. The van der Waals surface area contributed by atoms with Crippen molar-refractivity contribution in [1.29, 1.82) is 0 Å². The Balaban J connectivity index is 2.01. The van der Waals surface area contributed by atoms with E-state index >= 15 is 0 Å². The molecule has 1 atom stereocenters. The van der Waals surface area contributed by atoms with Gasteiger partial charge in [-0.3, -0.25) is 4.79 Å². The number of amides is 1. The van der Waals surface area contributed by atoms with Gasteiger partial charge in [0.1, 0.15) is 6.04 Å². The lowest BCUT2D eigenvalue weighted by Crippen LogP contribution is -2.47. The molecule has 1 amide bonds. The number of nitrogens with one attached hydrogen (secondary N) is 2. The van der Waals surface area contributed by atoms with E-state index in [0.29, 0.717) is 38.8 Å². The summed E-state index contributed by atoms with van der Waals surface area (Å²) in [5.41, 5.74) is 0. The van der Waals surface area contributed by atoms with E-state index in [1.54, 1.807) is 11.8 Å². The second kappa shape index (κ2) is 7.37. The number of nitrogens with zero attached hydrogens (tertiary/aromatic N) is 4. The first-order valence-corrected chi connectivity index (χ1v) is 7.26. The van der Waals surface area contributed by atoms with E-state index in [9.17, 15) is 4.79 Å². The van der Waals surface area contributed by atoms with Gasteiger partial charge in [-0.15, -0.1) is 0 Å². The second-order valence-electron chi connectivity index (χ2n) is 4.59. The lowest BCUT2D eigenvalue weighted by molar-refractivity contribution is -0.135. The monoisotopic (exact) mass is 314 g/mol. The number of halogens is 1. The van der Waals surface area contributed by atoms with E-state index in [4.69, 9.17) is 16.3 Å². The number of morpholine rings is 1. The van der Waals surface area contributed by atoms with Crippen molar-refractivity contribution in [3.05, 3.63) is 5.28 Å². The summed E-state index contributed by atoms with van der Waals surface area (Å²) < 4.78 is 5.23. The van der Waals surface area contributed by atoms with E-state index in [1.165, 1.54) is 0 Å². The van der Waals surface area contributed by atoms with Crippen LogP contribution in [-0.4, -0.2) is 64.6 Å². The van der Waals surface area contributed by atoms with Gasteiger partial charge < -0.3 is 20.3 Å². The molecule has 0 spiro atoms. The lowest BCUT2D eigenvalue weighted by Gasteiger charge is -2.29. The van der Waals surface area contributed by atoms with Gasteiger partial charge in [-0.25, -0.2) is 0 Å². The van der Waals surface area contributed by atoms with Crippen molar-refractivity contribution < 1.29 is 9.53 Å². The van der Waals surface area contributed by atoms with Crippen molar-refractivity contribution in [3.8, 4) is 0 Å². The fourth-order valence-corrected chi connectivity index (χ4v) is 2.12. The summed E-state index contributed by atoms with van der Waals surface area (Å²) >= 11 is 5.84. The molecular weight excluding hydrogens is 296 g/mol. The molecule has 0 aromatic carbocycles. The molecule has 1 aromatic heterocycles. The highest BCUT2D eigenvalue weighted by molar-refractivity contribution is 6.28. The van der Waals surface area contributed by atoms with Crippen molar-refractivity contribution in [2.45, 2.75) is 19.9 Å². The minimum Gasteiger partial charge on any atom is -0.378 e. The Morgan fingerprint density at radius 2 is 2.00 bits per heavy atom. The molecule has 1 aromatic rings. The zero-order chi connectivity index (χ0) is 15.2. The summed E-state index contributed by atoms with van der Waals surface area (Å²) in [5, 5.41) is 5.99. The van der Waals surface area contributed by atoms with Crippen LogP contribution in [0.15, 0.2) is 0 Å². The predicted octanol–water partition coefficient (Wildman–Crippen LogP) is 0.616. The van der Waals surface area contributed by atoms with E-state index < -0.39 is 6.04 Å². The molecule has 1 aliphatic heterocycles. The molecule has 0 bridgehead atoms. The smallest absolute Gasteiger partial charge is 0.245 e. The van der Waals surface area contributed by atoms with Crippen LogP contribution in [0.3, 0.4) is 0 Å². The number of hydrogen-bond donors (Lipinski definition) is 2. The Morgan fingerprint density at radius 1 is 1.33 bits per heavy atom. The van der Waals surface area contributed by atoms with Crippen molar-refractivity contribution in [2.24, 2.45) is 0 Å². The molecule has 0 saturated carbocycles. The van der Waals surface area contributed by atoms with Crippen LogP contribution in [0.2, 0.25) is 5.28 Å². The number of anilines is 2. The van der Waals surface area contributed by atoms with Gasteiger partial charge >= 0.3 is 0 Å². The molecule has 2 N–H and O–H groups in total. The maximum atomic E-state index is 12.3. The van der Waals surface area contributed by atoms with Crippen molar-refractivity contribution in [1.82, 2.24) is 19.9 Å².